The fourth-order valence-electron chi connectivity index (χ4n) is 2.03. The number of ether oxygens (including phenoxy) is 1. The second-order valence-corrected chi connectivity index (χ2v) is 4.26. The number of hydrogen-bond acceptors (Lipinski definition) is 5. The zero-order valence-corrected chi connectivity index (χ0v) is 9.88. The van der Waals surface area contributed by atoms with Crippen LogP contribution in [0.15, 0.2) is 4.52 Å². The van der Waals surface area contributed by atoms with Gasteiger partial charge in [0.2, 0.25) is 0 Å². The molecule has 1 aromatic heterocycles. The highest BCUT2D eigenvalue weighted by Crippen LogP contribution is 2.33. The lowest BCUT2D eigenvalue weighted by Gasteiger charge is -2.32. The second-order valence-electron chi connectivity index (χ2n) is 4.26. The number of nitrogens with zero attached hydrogens (tertiary/aromatic N) is 2. The first kappa shape index (κ1) is 13.3. The Morgan fingerprint density at radius 3 is 2.61 bits per heavy atom. The number of aromatic nitrogens is 2. The van der Waals surface area contributed by atoms with Crippen molar-refractivity contribution in [1.82, 2.24) is 15.5 Å². The number of nitrogens with one attached hydrogen (secondary N) is 1. The smallest absolute Gasteiger partial charge is 0.368 e. The van der Waals surface area contributed by atoms with Crippen molar-refractivity contribution < 1.29 is 22.4 Å². The summed E-state index contributed by atoms with van der Waals surface area (Å²) >= 11 is 0. The van der Waals surface area contributed by atoms with E-state index in [-0.39, 0.29) is 11.7 Å². The van der Waals surface area contributed by atoms with Crippen LogP contribution in [0, 0.1) is 0 Å². The van der Waals surface area contributed by atoms with Crippen LogP contribution in [-0.4, -0.2) is 36.5 Å². The SMILES string of the molecule is COC1(c2nc(CC(F)(F)F)no2)CCNCC1. The van der Waals surface area contributed by atoms with Gasteiger partial charge in [-0.2, -0.15) is 18.2 Å². The lowest BCUT2D eigenvalue weighted by Crippen LogP contribution is -2.41. The minimum absolute atomic E-state index is 0.130. The van der Waals surface area contributed by atoms with Crippen LogP contribution in [0.4, 0.5) is 13.2 Å². The average molecular weight is 265 g/mol. The fraction of sp³-hybridized carbons (Fsp3) is 0.800. The molecule has 0 amide bonds. The van der Waals surface area contributed by atoms with E-state index in [2.05, 4.69) is 15.5 Å². The van der Waals surface area contributed by atoms with Crippen molar-refractivity contribution in [3.63, 3.8) is 0 Å². The highest BCUT2D eigenvalue weighted by molar-refractivity contribution is 5.03. The van der Waals surface area contributed by atoms with Gasteiger partial charge >= 0.3 is 6.18 Å². The molecule has 0 unspecified atom stereocenters. The van der Waals surface area contributed by atoms with Gasteiger partial charge in [-0.15, -0.1) is 0 Å². The van der Waals surface area contributed by atoms with Crippen molar-refractivity contribution in [1.29, 1.82) is 0 Å². The first-order valence-electron chi connectivity index (χ1n) is 5.61. The van der Waals surface area contributed by atoms with E-state index >= 15 is 0 Å². The maximum atomic E-state index is 12.2. The summed E-state index contributed by atoms with van der Waals surface area (Å²) in [6.45, 7) is 1.40. The Labute approximate surface area is 102 Å². The third kappa shape index (κ3) is 2.81. The maximum absolute atomic E-state index is 12.2. The molecule has 0 spiro atoms. The van der Waals surface area contributed by atoms with Gasteiger partial charge < -0.3 is 14.6 Å². The average Bonchev–Trinajstić information content (AvgIpc) is 2.76. The van der Waals surface area contributed by atoms with Gasteiger partial charge in [0.1, 0.15) is 12.0 Å². The predicted octanol–water partition coefficient (Wildman–Crippen LogP) is 1.40. The van der Waals surface area contributed by atoms with Gasteiger partial charge in [0, 0.05) is 7.11 Å². The molecule has 1 saturated heterocycles. The van der Waals surface area contributed by atoms with E-state index in [1.165, 1.54) is 7.11 Å². The van der Waals surface area contributed by atoms with Crippen molar-refractivity contribution in [3.8, 4) is 0 Å². The van der Waals surface area contributed by atoms with Crippen molar-refractivity contribution >= 4 is 0 Å². The minimum Gasteiger partial charge on any atom is -0.368 e. The summed E-state index contributed by atoms with van der Waals surface area (Å²) in [5.41, 5.74) is -0.762. The summed E-state index contributed by atoms with van der Waals surface area (Å²) in [5.74, 6) is -0.224. The third-order valence-corrected chi connectivity index (χ3v) is 3.02. The Balaban J connectivity index is 2.17. The number of methoxy groups -OCH3 is 1. The molecule has 0 saturated carbocycles. The Morgan fingerprint density at radius 1 is 1.39 bits per heavy atom. The number of hydrogen-bond donors (Lipinski definition) is 1. The van der Waals surface area contributed by atoms with E-state index in [9.17, 15) is 13.2 Å². The molecule has 2 rings (SSSR count). The molecule has 18 heavy (non-hydrogen) atoms. The van der Waals surface area contributed by atoms with Crippen LogP contribution in [0.2, 0.25) is 0 Å². The third-order valence-electron chi connectivity index (χ3n) is 3.02. The standard InChI is InChI=1S/C10H14F3N3O2/c1-17-9(2-4-14-5-3-9)8-15-7(16-18-8)6-10(11,12)13/h14H,2-6H2,1H3. The topological polar surface area (TPSA) is 60.2 Å². The number of piperidine rings is 1. The Bertz CT molecular complexity index is 399. The van der Waals surface area contributed by atoms with Gasteiger partial charge in [0.15, 0.2) is 5.82 Å². The summed E-state index contributed by atoms with van der Waals surface area (Å²) < 4.78 is 46.9. The van der Waals surface area contributed by atoms with Gasteiger partial charge in [-0.25, -0.2) is 0 Å². The lowest BCUT2D eigenvalue weighted by molar-refractivity contribution is -0.128. The molecule has 0 atom stereocenters. The first-order valence-corrected chi connectivity index (χ1v) is 5.61. The van der Waals surface area contributed by atoms with Crippen LogP contribution < -0.4 is 5.32 Å². The molecule has 0 aliphatic carbocycles. The first-order chi connectivity index (χ1) is 8.45. The maximum Gasteiger partial charge on any atom is 0.396 e. The Hall–Kier alpha value is -1.15. The van der Waals surface area contributed by atoms with Crippen molar-refractivity contribution in [2.75, 3.05) is 20.2 Å². The van der Waals surface area contributed by atoms with E-state index in [1.54, 1.807) is 0 Å². The van der Waals surface area contributed by atoms with Crippen molar-refractivity contribution in [3.05, 3.63) is 11.7 Å². The Kier molecular flexibility index (Phi) is 3.58. The molecule has 2 heterocycles. The van der Waals surface area contributed by atoms with E-state index in [0.717, 1.165) is 0 Å². The lowest BCUT2D eigenvalue weighted by atomic mass is 9.92. The van der Waals surface area contributed by atoms with E-state index in [1.807, 2.05) is 0 Å². The van der Waals surface area contributed by atoms with Crippen LogP contribution >= 0.6 is 0 Å². The van der Waals surface area contributed by atoms with Gasteiger partial charge in [0.25, 0.3) is 5.89 Å². The monoisotopic (exact) mass is 265 g/mol. The van der Waals surface area contributed by atoms with E-state index in [0.29, 0.717) is 25.9 Å². The quantitative estimate of drug-likeness (QED) is 0.895. The van der Waals surface area contributed by atoms with Crippen LogP contribution in [0.5, 0.6) is 0 Å². The Morgan fingerprint density at radius 2 is 2.06 bits per heavy atom. The van der Waals surface area contributed by atoms with Gasteiger partial charge in [-0.3, -0.25) is 0 Å². The molecule has 8 heteroatoms. The van der Waals surface area contributed by atoms with Crippen LogP contribution in [-0.2, 0) is 16.8 Å². The highest BCUT2D eigenvalue weighted by atomic mass is 19.4. The molecule has 1 aliphatic rings. The summed E-state index contributed by atoms with van der Waals surface area (Å²) in [7, 11) is 1.50. The molecule has 0 aromatic carbocycles. The molecule has 0 radical (unpaired) electrons. The summed E-state index contributed by atoms with van der Waals surface area (Å²) in [6, 6.07) is 0. The number of rotatable bonds is 3. The highest BCUT2D eigenvalue weighted by Gasteiger charge is 2.40. The van der Waals surface area contributed by atoms with Gasteiger partial charge in [0.05, 0.1) is 0 Å². The summed E-state index contributed by atoms with van der Waals surface area (Å²) in [5, 5.41) is 6.50. The second kappa shape index (κ2) is 4.85. The molecular weight excluding hydrogens is 251 g/mol. The van der Waals surface area contributed by atoms with Gasteiger partial charge in [-0.1, -0.05) is 5.16 Å². The molecule has 1 aromatic rings. The molecule has 5 nitrogen and oxygen atoms in total. The van der Waals surface area contributed by atoms with Gasteiger partial charge in [-0.05, 0) is 25.9 Å². The summed E-state index contributed by atoms with van der Waals surface area (Å²) in [4.78, 5) is 3.81. The van der Waals surface area contributed by atoms with E-state index in [4.69, 9.17) is 9.26 Å². The fourth-order valence-corrected chi connectivity index (χ4v) is 2.03. The van der Waals surface area contributed by atoms with Crippen molar-refractivity contribution in [2.24, 2.45) is 0 Å². The van der Waals surface area contributed by atoms with E-state index < -0.39 is 18.2 Å². The molecule has 1 fully saturated rings. The molecule has 1 aliphatic heterocycles. The normalized spacial score (nSPS) is 20.0. The number of alkyl halides is 3. The molecule has 0 bridgehead atoms. The minimum atomic E-state index is -4.34. The predicted molar refractivity (Wildman–Crippen MR) is 54.8 cm³/mol. The van der Waals surface area contributed by atoms with Crippen LogP contribution in [0.25, 0.3) is 0 Å². The molecule has 1 N–H and O–H groups in total. The van der Waals surface area contributed by atoms with Crippen LogP contribution in [0.3, 0.4) is 0 Å². The molecular formula is C10H14F3N3O2. The zero-order valence-electron chi connectivity index (χ0n) is 9.88. The molecule has 102 valence electrons. The van der Waals surface area contributed by atoms with Crippen molar-refractivity contribution in [2.45, 2.75) is 31.0 Å². The zero-order chi connectivity index (χ0) is 13.2. The summed E-state index contributed by atoms with van der Waals surface area (Å²) in [6.07, 6.45) is -4.33. The number of halogens is 3. The van der Waals surface area contributed by atoms with Crippen LogP contribution in [0.1, 0.15) is 24.6 Å². The largest absolute Gasteiger partial charge is 0.396 e.